The Bertz CT molecular complexity index is 988. The van der Waals surface area contributed by atoms with Gasteiger partial charge in [-0.15, -0.1) is 11.3 Å². The van der Waals surface area contributed by atoms with E-state index in [-0.39, 0.29) is 29.6 Å². The molecule has 1 aromatic heterocycles. The van der Waals surface area contributed by atoms with E-state index in [1.165, 1.54) is 30.1 Å². The second kappa shape index (κ2) is 10.3. The molecule has 0 spiro atoms. The normalized spacial score (nSPS) is 11.3. The minimum Gasteiger partial charge on any atom is -0.366 e. The van der Waals surface area contributed by atoms with Gasteiger partial charge in [0, 0.05) is 37.8 Å². The van der Waals surface area contributed by atoms with Crippen molar-refractivity contribution in [2.24, 2.45) is 5.73 Å². The Hall–Kier alpha value is -2.76. The van der Waals surface area contributed by atoms with Gasteiger partial charge < -0.3 is 16.0 Å². The average Bonchev–Trinajstić information content (AvgIpc) is 3.24. The molecule has 0 aliphatic carbocycles. The first-order valence-electron chi connectivity index (χ1n) is 9.12. The van der Waals surface area contributed by atoms with Crippen LogP contribution in [-0.2, 0) is 19.6 Å². The van der Waals surface area contributed by atoms with Gasteiger partial charge in [-0.3, -0.25) is 14.4 Å². The molecule has 0 radical (unpaired) electrons. The maximum Gasteiger partial charge on any atom is 0.252 e. The number of anilines is 1. The summed E-state index contributed by atoms with van der Waals surface area (Å²) in [5.74, 6) is -1.26. The molecule has 162 valence electrons. The highest BCUT2D eigenvalue weighted by molar-refractivity contribution is 7.91. The molecule has 30 heavy (non-hydrogen) atoms. The number of nitrogens with one attached hydrogen (secondary N) is 1. The van der Waals surface area contributed by atoms with Gasteiger partial charge in [0.25, 0.3) is 10.0 Å². The fourth-order valence-electron chi connectivity index (χ4n) is 2.58. The van der Waals surface area contributed by atoms with Crippen molar-refractivity contribution >= 4 is 44.8 Å². The van der Waals surface area contributed by atoms with Gasteiger partial charge in [-0.1, -0.05) is 6.07 Å². The Labute approximate surface area is 179 Å². The number of benzene rings is 1. The van der Waals surface area contributed by atoms with E-state index in [4.69, 9.17) is 5.73 Å². The Morgan fingerprint density at radius 2 is 1.80 bits per heavy atom. The number of amides is 3. The number of sulfonamides is 1. The zero-order chi connectivity index (χ0) is 22.3. The molecule has 11 heteroatoms. The number of hydrogen-bond acceptors (Lipinski definition) is 6. The second-order valence-electron chi connectivity index (χ2n) is 6.41. The van der Waals surface area contributed by atoms with Crippen LogP contribution in [-0.4, -0.2) is 62.0 Å². The molecule has 0 atom stereocenters. The quantitative estimate of drug-likeness (QED) is 0.562. The first kappa shape index (κ1) is 23.5. The largest absolute Gasteiger partial charge is 0.366 e. The molecule has 0 fully saturated rings. The lowest BCUT2D eigenvalue weighted by atomic mass is 10.2. The number of carbonyl (C=O) groups is 3. The fraction of sp³-hybridized carbons (Fsp3) is 0.316. The van der Waals surface area contributed by atoms with E-state index in [1.54, 1.807) is 30.5 Å². The molecular weight excluding hydrogens is 428 g/mol. The zero-order valence-electron chi connectivity index (χ0n) is 16.7. The van der Waals surface area contributed by atoms with Crippen molar-refractivity contribution in [2.45, 2.75) is 17.6 Å². The van der Waals surface area contributed by atoms with Crippen LogP contribution in [0.3, 0.4) is 0 Å². The van der Waals surface area contributed by atoms with Gasteiger partial charge in [0.1, 0.15) is 4.21 Å². The number of rotatable bonds is 10. The van der Waals surface area contributed by atoms with Crippen LogP contribution in [0.5, 0.6) is 0 Å². The molecule has 0 bridgehead atoms. The summed E-state index contributed by atoms with van der Waals surface area (Å²) in [6.07, 6.45) is 0.0402. The molecule has 0 aliphatic rings. The van der Waals surface area contributed by atoms with E-state index in [0.29, 0.717) is 17.8 Å². The van der Waals surface area contributed by atoms with Crippen molar-refractivity contribution in [1.82, 2.24) is 9.21 Å². The van der Waals surface area contributed by atoms with E-state index in [9.17, 15) is 22.8 Å². The van der Waals surface area contributed by atoms with E-state index in [1.807, 2.05) is 0 Å². The maximum absolute atomic E-state index is 12.5. The van der Waals surface area contributed by atoms with Gasteiger partial charge >= 0.3 is 0 Å². The summed E-state index contributed by atoms with van der Waals surface area (Å²) < 4.78 is 26.1. The third-order valence-electron chi connectivity index (χ3n) is 4.31. The monoisotopic (exact) mass is 452 g/mol. The molecule has 3 N–H and O–H groups in total. The highest BCUT2D eigenvalue weighted by Gasteiger charge is 2.25. The molecule has 0 saturated heterocycles. The van der Waals surface area contributed by atoms with Crippen molar-refractivity contribution in [3.63, 3.8) is 0 Å². The minimum atomic E-state index is -3.72. The highest BCUT2D eigenvalue weighted by atomic mass is 32.2. The predicted octanol–water partition coefficient (Wildman–Crippen LogP) is 1.34. The fourth-order valence-corrected chi connectivity index (χ4v) is 4.90. The first-order chi connectivity index (χ1) is 14.1. The van der Waals surface area contributed by atoms with Crippen LogP contribution in [0, 0.1) is 0 Å². The van der Waals surface area contributed by atoms with Crippen molar-refractivity contribution < 1.29 is 22.8 Å². The van der Waals surface area contributed by atoms with Gasteiger partial charge in [0.05, 0.1) is 6.54 Å². The molecule has 2 rings (SSSR count). The van der Waals surface area contributed by atoms with Crippen LogP contribution in [0.4, 0.5) is 5.69 Å². The summed E-state index contributed by atoms with van der Waals surface area (Å²) >= 11 is 1.08. The van der Waals surface area contributed by atoms with E-state index in [2.05, 4.69) is 5.32 Å². The standard InChI is InChI=1S/C19H24N4O5S2/c1-3-23(17(25)13-22(2)30(27,28)18-5-4-12-29-18)11-10-16(24)21-15-8-6-14(7-9-15)19(20)26/h4-9,12H,3,10-11,13H2,1-2H3,(H2,20,26)(H,21,24). The Kier molecular flexibility index (Phi) is 8.09. The van der Waals surface area contributed by atoms with Crippen molar-refractivity contribution in [1.29, 1.82) is 0 Å². The molecule has 1 aromatic carbocycles. The number of likely N-dealkylation sites (N-methyl/N-ethyl adjacent to an activating group) is 2. The van der Waals surface area contributed by atoms with Crippen LogP contribution in [0.15, 0.2) is 46.0 Å². The molecule has 2 aromatic rings. The van der Waals surface area contributed by atoms with E-state index >= 15 is 0 Å². The Morgan fingerprint density at radius 1 is 1.13 bits per heavy atom. The molecule has 0 aliphatic heterocycles. The van der Waals surface area contributed by atoms with Gasteiger partial charge in [0.15, 0.2) is 0 Å². The summed E-state index contributed by atoms with van der Waals surface area (Å²) in [4.78, 5) is 37.2. The molecule has 1 heterocycles. The lowest BCUT2D eigenvalue weighted by Gasteiger charge is -2.23. The molecule has 3 amide bonds. The number of thiophene rings is 1. The smallest absolute Gasteiger partial charge is 0.252 e. The third kappa shape index (κ3) is 6.12. The summed E-state index contributed by atoms with van der Waals surface area (Å²) in [5, 5.41) is 4.33. The predicted molar refractivity (Wildman–Crippen MR) is 115 cm³/mol. The van der Waals surface area contributed by atoms with Crippen LogP contribution in [0.1, 0.15) is 23.7 Å². The minimum absolute atomic E-state index is 0.0402. The zero-order valence-corrected chi connectivity index (χ0v) is 18.3. The lowest BCUT2D eigenvalue weighted by Crippen LogP contribution is -2.42. The number of hydrogen-bond donors (Lipinski definition) is 2. The second-order valence-corrected chi connectivity index (χ2v) is 9.63. The SMILES string of the molecule is CCN(CCC(=O)Nc1ccc(C(N)=O)cc1)C(=O)CN(C)S(=O)(=O)c1cccs1. The Balaban J connectivity index is 1.89. The summed E-state index contributed by atoms with van der Waals surface area (Å²) in [6.45, 7) is 1.93. The number of nitrogens with two attached hydrogens (primary N) is 1. The van der Waals surface area contributed by atoms with Gasteiger partial charge in [-0.05, 0) is 42.6 Å². The van der Waals surface area contributed by atoms with E-state index < -0.39 is 21.8 Å². The molecule has 9 nitrogen and oxygen atoms in total. The third-order valence-corrected chi connectivity index (χ3v) is 7.49. The molecule has 0 unspecified atom stereocenters. The number of carbonyl (C=O) groups excluding carboxylic acids is 3. The first-order valence-corrected chi connectivity index (χ1v) is 11.4. The molecular formula is C19H24N4O5S2. The summed E-state index contributed by atoms with van der Waals surface area (Å²) in [7, 11) is -2.37. The summed E-state index contributed by atoms with van der Waals surface area (Å²) in [5.41, 5.74) is 6.01. The maximum atomic E-state index is 12.5. The van der Waals surface area contributed by atoms with Crippen LogP contribution >= 0.6 is 11.3 Å². The van der Waals surface area contributed by atoms with Crippen LogP contribution < -0.4 is 11.1 Å². The van der Waals surface area contributed by atoms with Crippen molar-refractivity contribution in [2.75, 3.05) is 32.0 Å². The van der Waals surface area contributed by atoms with Crippen LogP contribution in [0.2, 0.25) is 0 Å². The van der Waals surface area contributed by atoms with Crippen molar-refractivity contribution in [3.8, 4) is 0 Å². The van der Waals surface area contributed by atoms with Gasteiger partial charge in [-0.25, -0.2) is 8.42 Å². The Morgan fingerprint density at radius 3 is 2.33 bits per heavy atom. The summed E-state index contributed by atoms with van der Waals surface area (Å²) in [6, 6.07) is 9.24. The number of nitrogens with zero attached hydrogens (tertiary/aromatic N) is 2. The van der Waals surface area contributed by atoms with Gasteiger partial charge in [-0.2, -0.15) is 4.31 Å². The van der Waals surface area contributed by atoms with Gasteiger partial charge in [0.2, 0.25) is 17.7 Å². The topological polar surface area (TPSA) is 130 Å². The van der Waals surface area contributed by atoms with Crippen molar-refractivity contribution in [3.05, 3.63) is 47.3 Å². The van der Waals surface area contributed by atoms with E-state index in [0.717, 1.165) is 15.6 Å². The van der Waals surface area contributed by atoms with Crippen LogP contribution in [0.25, 0.3) is 0 Å². The number of primary amides is 1. The molecule has 0 saturated carbocycles. The average molecular weight is 453 g/mol. The highest BCUT2D eigenvalue weighted by Crippen LogP contribution is 2.19. The lowest BCUT2D eigenvalue weighted by molar-refractivity contribution is -0.131.